The predicted molar refractivity (Wildman–Crippen MR) is 116 cm³/mol. The second kappa shape index (κ2) is 7.20. The lowest BCUT2D eigenvalue weighted by Crippen LogP contribution is -2.43. The van der Waals surface area contributed by atoms with Crippen molar-refractivity contribution in [1.82, 2.24) is 5.32 Å². The predicted octanol–water partition coefficient (Wildman–Crippen LogP) is 1.96. The number of nitrogens with one attached hydrogen (secondary N) is 1. The first-order valence-corrected chi connectivity index (χ1v) is 11.8. The van der Waals surface area contributed by atoms with Gasteiger partial charge in [0.25, 0.3) is 0 Å². The van der Waals surface area contributed by atoms with Crippen LogP contribution in [0.4, 0.5) is 0 Å². The standard InChI is InChI=1S/C22H25NO7S/c1-11-12-5-14-15(22(2,3)4)8-29-18(14)7-19(12)30-21(26)13(11)6-20(25)23-16-9-31(27,28)10-17(16)24/h5,7-8,16-17,24H,6,9-10H2,1-4H3,(H,23,25)/t16-,17+/m0/s1. The lowest BCUT2D eigenvalue weighted by molar-refractivity contribution is -0.121. The molecule has 2 N–H and O–H groups in total. The van der Waals surface area contributed by atoms with Crippen molar-refractivity contribution in [1.29, 1.82) is 0 Å². The zero-order valence-electron chi connectivity index (χ0n) is 17.8. The summed E-state index contributed by atoms with van der Waals surface area (Å²) in [6.45, 7) is 7.98. The summed E-state index contributed by atoms with van der Waals surface area (Å²) >= 11 is 0. The van der Waals surface area contributed by atoms with Crippen LogP contribution >= 0.6 is 0 Å². The van der Waals surface area contributed by atoms with Crippen LogP contribution in [0.3, 0.4) is 0 Å². The highest BCUT2D eigenvalue weighted by atomic mass is 32.2. The fourth-order valence-electron chi connectivity index (χ4n) is 4.08. The van der Waals surface area contributed by atoms with Crippen molar-refractivity contribution in [3.05, 3.63) is 45.5 Å². The second-order valence-electron chi connectivity index (χ2n) is 9.23. The molecule has 2 atom stereocenters. The van der Waals surface area contributed by atoms with Crippen LogP contribution in [0.1, 0.15) is 37.5 Å². The molecule has 0 spiro atoms. The molecule has 1 aliphatic heterocycles. The van der Waals surface area contributed by atoms with E-state index in [2.05, 4.69) is 26.1 Å². The number of benzene rings is 1. The Bertz CT molecular complexity index is 1360. The first-order chi connectivity index (χ1) is 14.4. The maximum atomic E-state index is 12.6. The summed E-state index contributed by atoms with van der Waals surface area (Å²) in [5.74, 6) is -1.25. The molecule has 3 heterocycles. The van der Waals surface area contributed by atoms with E-state index in [1.165, 1.54) is 0 Å². The number of hydrogen-bond acceptors (Lipinski definition) is 7. The molecule has 4 rings (SSSR count). The minimum Gasteiger partial charge on any atom is -0.464 e. The summed E-state index contributed by atoms with van der Waals surface area (Å²) in [7, 11) is -3.39. The van der Waals surface area contributed by atoms with Crippen LogP contribution in [0.2, 0.25) is 0 Å². The van der Waals surface area contributed by atoms with Crippen LogP contribution < -0.4 is 10.9 Å². The van der Waals surface area contributed by atoms with E-state index in [9.17, 15) is 23.1 Å². The van der Waals surface area contributed by atoms with Gasteiger partial charge in [-0.05, 0) is 24.0 Å². The first-order valence-electron chi connectivity index (χ1n) is 10.0. The molecule has 0 unspecified atom stereocenters. The maximum Gasteiger partial charge on any atom is 0.340 e. The van der Waals surface area contributed by atoms with E-state index in [0.29, 0.717) is 22.1 Å². The highest BCUT2D eigenvalue weighted by Gasteiger charge is 2.37. The van der Waals surface area contributed by atoms with Gasteiger partial charge in [0, 0.05) is 22.4 Å². The Morgan fingerprint density at radius 3 is 2.52 bits per heavy atom. The SMILES string of the molecule is Cc1c(CC(=O)N[C@H]2CS(=O)(=O)C[C@H]2O)c(=O)oc2cc3occ(C(C)(C)C)c3cc12. The quantitative estimate of drug-likeness (QED) is 0.588. The summed E-state index contributed by atoms with van der Waals surface area (Å²) in [5, 5.41) is 14.0. The second-order valence-corrected chi connectivity index (χ2v) is 11.4. The Balaban J connectivity index is 1.70. The van der Waals surface area contributed by atoms with Crippen LogP contribution in [0, 0.1) is 6.92 Å². The maximum absolute atomic E-state index is 12.6. The normalized spacial score (nSPS) is 21.1. The number of fused-ring (bicyclic) bond motifs is 2. The summed E-state index contributed by atoms with van der Waals surface area (Å²) in [6, 6.07) is 2.70. The molecule has 2 aromatic heterocycles. The van der Waals surface area contributed by atoms with E-state index in [4.69, 9.17) is 8.83 Å². The van der Waals surface area contributed by atoms with E-state index >= 15 is 0 Å². The van der Waals surface area contributed by atoms with E-state index < -0.39 is 33.5 Å². The number of aliphatic hydroxyl groups excluding tert-OH is 1. The van der Waals surface area contributed by atoms with Gasteiger partial charge in [0.1, 0.15) is 11.2 Å². The average molecular weight is 448 g/mol. The van der Waals surface area contributed by atoms with Gasteiger partial charge in [-0.15, -0.1) is 0 Å². The molecule has 0 saturated carbocycles. The third-order valence-corrected chi connectivity index (χ3v) is 7.51. The van der Waals surface area contributed by atoms with Gasteiger partial charge >= 0.3 is 5.63 Å². The number of aliphatic hydroxyl groups is 1. The van der Waals surface area contributed by atoms with Crippen molar-refractivity contribution in [3.8, 4) is 0 Å². The largest absolute Gasteiger partial charge is 0.464 e. The number of hydrogen-bond donors (Lipinski definition) is 2. The van der Waals surface area contributed by atoms with Gasteiger partial charge in [-0.3, -0.25) is 4.79 Å². The number of carbonyl (C=O) groups is 1. The summed E-state index contributed by atoms with van der Waals surface area (Å²) in [6.07, 6.45) is 0.267. The molecule has 8 nitrogen and oxygen atoms in total. The highest BCUT2D eigenvalue weighted by Crippen LogP contribution is 2.35. The minimum atomic E-state index is -3.39. The summed E-state index contributed by atoms with van der Waals surface area (Å²) in [4.78, 5) is 25.1. The Kier molecular flexibility index (Phi) is 5.01. The number of rotatable bonds is 3. The van der Waals surface area contributed by atoms with Crippen molar-refractivity contribution in [2.75, 3.05) is 11.5 Å². The molecule has 31 heavy (non-hydrogen) atoms. The molecule has 1 aromatic carbocycles. The number of amides is 1. The van der Waals surface area contributed by atoms with Crippen molar-refractivity contribution < 1.29 is 27.2 Å². The van der Waals surface area contributed by atoms with Crippen molar-refractivity contribution in [3.63, 3.8) is 0 Å². The lowest BCUT2D eigenvalue weighted by Gasteiger charge is -2.17. The average Bonchev–Trinajstić information content (AvgIpc) is 3.16. The highest BCUT2D eigenvalue weighted by molar-refractivity contribution is 7.91. The van der Waals surface area contributed by atoms with Gasteiger partial charge in [0.15, 0.2) is 9.84 Å². The monoisotopic (exact) mass is 447 g/mol. The van der Waals surface area contributed by atoms with E-state index in [0.717, 1.165) is 10.9 Å². The minimum absolute atomic E-state index is 0.145. The summed E-state index contributed by atoms with van der Waals surface area (Å²) < 4.78 is 34.4. The topological polar surface area (TPSA) is 127 Å². The van der Waals surface area contributed by atoms with Gasteiger partial charge < -0.3 is 19.3 Å². The molecule has 166 valence electrons. The first kappa shape index (κ1) is 21.6. The van der Waals surface area contributed by atoms with Crippen LogP contribution in [0.25, 0.3) is 21.9 Å². The molecule has 1 aliphatic rings. The fourth-order valence-corrected chi connectivity index (χ4v) is 5.82. The number of furan rings is 1. The smallest absolute Gasteiger partial charge is 0.340 e. The molecule has 1 fully saturated rings. The molecule has 0 aliphatic carbocycles. The Hall–Kier alpha value is -2.65. The molecular formula is C22H25NO7S. The van der Waals surface area contributed by atoms with Gasteiger partial charge in [-0.1, -0.05) is 20.8 Å². The number of aryl methyl sites for hydroxylation is 1. The van der Waals surface area contributed by atoms with Gasteiger partial charge in [0.2, 0.25) is 5.91 Å². The molecule has 9 heteroatoms. The number of sulfone groups is 1. The van der Waals surface area contributed by atoms with Crippen molar-refractivity contribution in [2.24, 2.45) is 0 Å². The molecule has 3 aromatic rings. The van der Waals surface area contributed by atoms with E-state index in [1.54, 1.807) is 19.3 Å². The lowest BCUT2D eigenvalue weighted by atomic mass is 9.86. The molecule has 0 bridgehead atoms. The van der Waals surface area contributed by atoms with Gasteiger partial charge in [-0.25, -0.2) is 13.2 Å². The van der Waals surface area contributed by atoms with Crippen LogP contribution in [-0.4, -0.2) is 43.1 Å². The Labute approximate surface area is 179 Å². The molecule has 0 radical (unpaired) electrons. The molecular weight excluding hydrogens is 422 g/mol. The zero-order valence-corrected chi connectivity index (χ0v) is 18.6. The molecule has 1 saturated heterocycles. The Morgan fingerprint density at radius 1 is 1.19 bits per heavy atom. The summed E-state index contributed by atoms with van der Waals surface area (Å²) in [5.41, 5.74) is 2.03. The fraction of sp³-hybridized carbons (Fsp3) is 0.455. The van der Waals surface area contributed by atoms with Crippen molar-refractivity contribution >= 4 is 37.7 Å². The van der Waals surface area contributed by atoms with Crippen LogP contribution in [0.15, 0.2) is 32.0 Å². The van der Waals surface area contributed by atoms with Gasteiger partial charge in [0.05, 0.1) is 41.9 Å². The van der Waals surface area contributed by atoms with Crippen LogP contribution in [0.5, 0.6) is 0 Å². The van der Waals surface area contributed by atoms with E-state index in [1.807, 2.05) is 6.07 Å². The third kappa shape index (κ3) is 3.99. The number of carbonyl (C=O) groups excluding carboxylic acids is 1. The van der Waals surface area contributed by atoms with Crippen molar-refractivity contribution in [2.45, 2.75) is 51.7 Å². The Morgan fingerprint density at radius 2 is 1.90 bits per heavy atom. The van der Waals surface area contributed by atoms with Crippen LogP contribution in [-0.2, 0) is 26.5 Å². The molecule has 1 amide bonds. The van der Waals surface area contributed by atoms with E-state index in [-0.39, 0.29) is 28.9 Å². The third-order valence-electron chi connectivity index (χ3n) is 5.80. The zero-order chi connectivity index (χ0) is 22.7. The van der Waals surface area contributed by atoms with Gasteiger partial charge in [-0.2, -0.15) is 0 Å².